The van der Waals surface area contributed by atoms with Gasteiger partial charge in [-0.25, -0.2) is 4.98 Å². The van der Waals surface area contributed by atoms with Crippen LogP contribution in [0.15, 0.2) is 18.3 Å². The van der Waals surface area contributed by atoms with Gasteiger partial charge in [0.25, 0.3) is 0 Å². The first-order valence-electron chi connectivity index (χ1n) is 10.2. The maximum atomic E-state index is 13.3. The fraction of sp³-hybridized carbons (Fsp3) is 0.409. The number of carbonyl (C=O) groups excluding carboxylic acids is 1. The van der Waals surface area contributed by atoms with E-state index in [1.165, 1.54) is 13.2 Å². The molecule has 3 aromatic rings. The SMILES string of the molecule is CCOc1nc(C)cc(CC(=O)CCc2cc(C)c(-c3cn(C)nc3C(F)(F)F)nn2)c1Cl. The molecule has 3 aromatic heterocycles. The van der Waals surface area contributed by atoms with Crippen molar-refractivity contribution in [2.24, 2.45) is 7.05 Å². The molecule has 0 aromatic carbocycles. The Morgan fingerprint density at radius 3 is 2.58 bits per heavy atom. The third-order valence-electron chi connectivity index (χ3n) is 4.85. The zero-order valence-electron chi connectivity index (χ0n) is 18.6. The number of nitrogens with zero attached hydrogens (tertiary/aromatic N) is 5. The number of aryl methyl sites for hydroxylation is 4. The second-order valence-corrected chi connectivity index (χ2v) is 8.00. The second-order valence-electron chi connectivity index (χ2n) is 7.62. The van der Waals surface area contributed by atoms with Gasteiger partial charge in [0.15, 0.2) is 5.69 Å². The Kier molecular flexibility index (Phi) is 7.36. The highest BCUT2D eigenvalue weighted by Gasteiger charge is 2.38. The molecule has 0 unspecified atom stereocenters. The molecule has 0 radical (unpaired) electrons. The van der Waals surface area contributed by atoms with Crippen LogP contribution in [0.5, 0.6) is 5.88 Å². The van der Waals surface area contributed by atoms with Crippen molar-refractivity contribution in [3.05, 3.63) is 51.6 Å². The van der Waals surface area contributed by atoms with Crippen molar-refractivity contribution in [3.63, 3.8) is 0 Å². The van der Waals surface area contributed by atoms with E-state index in [4.69, 9.17) is 16.3 Å². The van der Waals surface area contributed by atoms with Crippen LogP contribution in [-0.4, -0.2) is 37.4 Å². The molecule has 0 atom stereocenters. The largest absolute Gasteiger partial charge is 0.477 e. The van der Waals surface area contributed by atoms with E-state index in [0.29, 0.717) is 46.4 Å². The van der Waals surface area contributed by atoms with Crippen molar-refractivity contribution in [2.45, 2.75) is 46.2 Å². The van der Waals surface area contributed by atoms with Gasteiger partial charge in [0.1, 0.15) is 10.8 Å². The topological polar surface area (TPSA) is 82.8 Å². The van der Waals surface area contributed by atoms with Crippen LogP contribution in [0.4, 0.5) is 13.2 Å². The fourth-order valence-electron chi connectivity index (χ4n) is 3.42. The number of alkyl halides is 3. The number of pyridine rings is 1. The van der Waals surface area contributed by atoms with Gasteiger partial charge >= 0.3 is 6.18 Å². The van der Waals surface area contributed by atoms with Gasteiger partial charge in [-0.15, -0.1) is 5.10 Å². The lowest BCUT2D eigenvalue weighted by Crippen LogP contribution is -2.10. The summed E-state index contributed by atoms with van der Waals surface area (Å²) in [4.78, 5) is 16.8. The Bertz CT molecular complexity index is 1180. The number of carbonyl (C=O) groups is 1. The third kappa shape index (κ3) is 5.87. The molecule has 0 N–H and O–H groups in total. The first-order chi connectivity index (χ1) is 15.5. The average Bonchev–Trinajstić information content (AvgIpc) is 3.12. The van der Waals surface area contributed by atoms with Gasteiger partial charge in [0.05, 0.1) is 23.6 Å². The average molecular weight is 482 g/mol. The molecule has 7 nitrogen and oxygen atoms in total. The summed E-state index contributed by atoms with van der Waals surface area (Å²) >= 11 is 6.31. The number of hydrogen-bond acceptors (Lipinski definition) is 6. The van der Waals surface area contributed by atoms with Crippen molar-refractivity contribution >= 4 is 17.4 Å². The van der Waals surface area contributed by atoms with E-state index < -0.39 is 11.9 Å². The van der Waals surface area contributed by atoms with E-state index in [0.717, 1.165) is 4.68 Å². The first-order valence-corrected chi connectivity index (χ1v) is 10.6. The van der Waals surface area contributed by atoms with E-state index >= 15 is 0 Å². The Hall–Kier alpha value is -3.01. The zero-order chi connectivity index (χ0) is 24.3. The standard InChI is InChI=1S/C22H23ClF3N5O2/c1-5-33-21-18(23)14(9-13(3)27-21)10-16(32)7-6-15-8-12(2)19(29-28-15)17-11-31(4)30-20(17)22(24,25)26/h8-9,11H,5-7,10H2,1-4H3. The van der Waals surface area contributed by atoms with E-state index in [1.807, 2.05) is 6.92 Å². The number of halogens is 4. The summed E-state index contributed by atoms with van der Waals surface area (Å²) in [6, 6.07) is 3.38. The molecule has 0 aliphatic heterocycles. The van der Waals surface area contributed by atoms with Crippen molar-refractivity contribution in [1.82, 2.24) is 25.0 Å². The molecular formula is C22H23ClF3N5O2. The number of Topliss-reactive ketones (excluding diaryl/α,β-unsaturated/α-hetero) is 1. The molecule has 0 spiro atoms. The summed E-state index contributed by atoms with van der Waals surface area (Å²) in [5.74, 6) is 0.229. The van der Waals surface area contributed by atoms with Crippen molar-refractivity contribution < 1.29 is 22.7 Å². The highest BCUT2D eigenvalue weighted by molar-refractivity contribution is 6.32. The molecule has 0 aliphatic rings. The van der Waals surface area contributed by atoms with Gasteiger partial charge in [-0.1, -0.05) is 11.6 Å². The number of ether oxygens (including phenoxy) is 1. The van der Waals surface area contributed by atoms with E-state index in [-0.39, 0.29) is 29.9 Å². The summed E-state index contributed by atoms with van der Waals surface area (Å²) < 4.78 is 46.4. The highest BCUT2D eigenvalue weighted by atomic mass is 35.5. The van der Waals surface area contributed by atoms with E-state index in [9.17, 15) is 18.0 Å². The highest BCUT2D eigenvalue weighted by Crippen LogP contribution is 2.36. The summed E-state index contributed by atoms with van der Waals surface area (Å²) in [6.45, 7) is 5.66. The maximum absolute atomic E-state index is 13.3. The number of rotatable bonds is 8. The monoisotopic (exact) mass is 481 g/mol. The number of hydrogen-bond donors (Lipinski definition) is 0. The predicted molar refractivity (Wildman–Crippen MR) is 116 cm³/mol. The smallest absolute Gasteiger partial charge is 0.435 e. The lowest BCUT2D eigenvalue weighted by molar-refractivity contribution is -0.141. The number of aromatic nitrogens is 5. The Balaban J connectivity index is 1.72. The molecule has 0 saturated carbocycles. The minimum Gasteiger partial charge on any atom is -0.477 e. The Morgan fingerprint density at radius 2 is 1.94 bits per heavy atom. The predicted octanol–water partition coefficient (Wildman–Crippen LogP) is 4.70. The van der Waals surface area contributed by atoms with E-state index in [2.05, 4.69) is 20.3 Å². The molecule has 11 heteroatoms. The Labute approximate surface area is 194 Å². The van der Waals surface area contributed by atoms with Crippen LogP contribution in [0.1, 0.15) is 41.6 Å². The molecule has 0 fully saturated rings. The van der Waals surface area contributed by atoms with Crippen LogP contribution >= 0.6 is 11.6 Å². The van der Waals surface area contributed by atoms with Crippen LogP contribution < -0.4 is 4.74 Å². The minimum atomic E-state index is -4.61. The van der Waals surface area contributed by atoms with Crippen LogP contribution in [0.25, 0.3) is 11.3 Å². The van der Waals surface area contributed by atoms with Gasteiger partial charge in [0.2, 0.25) is 5.88 Å². The molecule has 176 valence electrons. The van der Waals surface area contributed by atoms with E-state index in [1.54, 1.807) is 26.0 Å². The lowest BCUT2D eigenvalue weighted by atomic mass is 10.0. The van der Waals surface area contributed by atoms with Gasteiger partial charge < -0.3 is 4.74 Å². The molecule has 0 amide bonds. The molecule has 0 saturated heterocycles. The normalized spacial score (nSPS) is 11.6. The van der Waals surface area contributed by atoms with Gasteiger partial charge in [-0.2, -0.15) is 23.4 Å². The summed E-state index contributed by atoms with van der Waals surface area (Å²) in [5, 5.41) is 11.8. The zero-order valence-corrected chi connectivity index (χ0v) is 19.4. The third-order valence-corrected chi connectivity index (χ3v) is 5.25. The molecule has 0 bridgehead atoms. The molecule has 3 heterocycles. The van der Waals surface area contributed by atoms with Gasteiger partial charge in [-0.3, -0.25) is 9.48 Å². The molecular weight excluding hydrogens is 459 g/mol. The summed E-state index contributed by atoms with van der Waals surface area (Å²) in [7, 11) is 1.41. The van der Waals surface area contributed by atoms with Crippen LogP contribution in [0, 0.1) is 13.8 Å². The molecule has 33 heavy (non-hydrogen) atoms. The van der Waals surface area contributed by atoms with Crippen molar-refractivity contribution in [2.75, 3.05) is 6.61 Å². The first kappa shape index (κ1) is 24.6. The number of ketones is 1. The van der Waals surface area contributed by atoms with Crippen molar-refractivity contribution in [1.29, 1.82) is 0 Å². The van der Waals surface area contributed by atoms with Crippen molar-refractivity contribution in [3.8, 4) is 17.1 Å². The molecule has 3 rings (SSSR count). The second kappa shape index (κ2) is 9.86. The summed E-state index contributed by atoms with van der Waals surface area (Å²) in [5.41, 5.74) is 1.30. The fourth-order valence-corrected chi connectivity index (χ4v) is 3.64. The lowest BCUT2D eigenvalue weighted by Gasteiger charge is -2.11. The maximum Gasteiger partial charge on any atom is 0.435 e. The van der Waals surface area contributed by atoms with Gasteiger partial charge in [-0.05, 0) is 50.5 Å². The van der Waals surface area contributed by atoms with Crippen LogP contribution in [0.3, 0.4) is 0 Å². The Morgan fingerprint density at radius 1 is 1.21 bits per heavy atom. The minimum absolute atomic E-state index is 0.0694. The quantitative estimate of drug-likeness (QED) is 0.463. The van der Waals surface area contributed by atoms with Gasteiger partial charge in [0, 0.05) is 31.8 Å². The van der Waals surface area contributed by atoms with Crippen LogP contribution in [0.2, 0.25) is 5.02 Å². The van der Waals surface area contributed by atoms with Crippen LogP contribution in [-0.2, 0) is 30.9 Å². The summed E-state index contributed by atoms with van der Waals surface area (Å²) in [6.07, 6.45) is -2.76. The molecule has 0 aliphatic carbocycles.